The quantitative estimate of drug-likeness (QED) is 0.587. The molecule has 4 rings (SSSR count). The predicted molar refractivity (Wildman–Crippen MR) is 112 cm³/mol. The maximum Gasteiger partial charge on any atom is 0.244 e. The molecule has 156 valence electrons. The predicted octanol–water partition coefficient (Wildman–Crippen LogP) is 1.94. The maximum absolute atomic E-state index is 12.3. The van der Waals surface area contributed by atoms with Crippen LogP contribution in [0.2, 0.25) is 5.02 Å². The van der Waals surface area contributed by atoms with Crippen LogP contribution < -0.4 is 10.6 Å². The average molecular weight is 429 g/mol. The Hall–Kier alpha value is -3.24. The Bertz CT molecular complexity index is 991. The minimum absolute atomic E-state index is 0.0108. The van der Waals surface area contributed by atoms with E-state index < -0.39 is 0 Å². The second kappa shape index (κ2) is 9.51. The number of nitrogens with one attached hydrogen (secondary N) is 2. The minimum atomic E-state index is 0.0108. The molecule has 0 spiro atoms. The van der Waals surface area contributed by atoms with Gasteiger partial charge >= 0.3 is 0 Å². The zero-order valence-electron chi connectivity index (χ0n) is 16.2. The summed E-state index contributed by atoms with van der Waals surface area (Å²) in [7, 11) is 0. The molecule has 1 fully saturated rings. The number of amides is 1. The standard InChI is InChI=1S/C19H21ClN8O2/c20-16-11-23-19(26-18(16)22-9-14-3-1-2-4-21-14)25-15-10-24-28(12-15)13-17(29)27-5-7-30-8-6-27/h1-4,10-12H,5-9,13H2,(H2,22,23,25,26). The van der Waals surface area contributed by atoms with Crippen LogP contribution in [0, 0.1) is 0 Å². The van der Waals surface area contributed by atoms with Gasteiger partial charge in [0.2, 0.25) is 11.9 Å². The molecule has 0 aliphatic carbocycles. The number of aromatic nitrogens is 5. The fraction of sp³-hybridized carbons (Fsp3) is 0.316. The van der Waals surface area contributed by atoms with Crippen LogP contribution in [-0.4, -0.2) is 61.8 Å². The van der Waals surface area contributed by atoms with E-state index >= 15 is 0 Å². The Balaban J connectivity index is 1.36. The van der Waals surface area contributed by atoms with Crippen molar-refractivity contribution in [3.63, 3.8) is 0 Å². The third-order valence-electron chi connectivity index (χ3n) is 4.46. The van der Waals surface area contributed by atoms with Gasteiger partial charge in [-0.3, -0.25) is 14.5 Å². The van der Waals surface area contributed by atoms with Gasteiger partial charge in [-0.15, -0.1) is 0 Å². The van der Waals surface area contributed by atoms with E-state index in [9.17, 15) is 4.79 Å². The SMILES string of the molecule is O=C(Cn1cc(Nc2ncc(Cl)c(NCc3ccccn3)n2)cn1)N1CCOCC1. The Kier molecular flexibility index (Phi) is 6.35. The Labute approximate surface area is 178 Å². The lowest BCUT2D eigenvalue weighted by Crippen LogP contribution is -2.42. The van der Waals surface area contributed by atoms with E-state index in [0.29, 0.717) is 55.3 Å². The summed E-state index contributed by atoms with van der Waals surface area (Å²) >= 11 is 6.20. The first kappa shape index (κ1) is 20.0. The number of nitrogens with zero attached hydrogens (tertiary/aromatic N) is 6. The number of carbonyl (C=O) groups excluding carboxylic acids is 1. The monoisotopic (exact) mass is 428 g/mol. The molecule has 11 heteroatoms. The van der Waals surface area contributed by atoms with Gasteiger partial charge in [0.1, 0.15) is 11.6 Å². The van der Waals surface area contributed by atoms with E-state index in [0.717, 1.165) is 5.69 Å². The summed E-state index contributed by atoms with van der Waals surface area (Å²) in [5.74, 6) is 0.869. The van der Waals surface area contributed by atoms with Crippen molar-refractivity contribution in [2.45, 2.75) is 13.1 Å². The van der Waals surface area contributed by atoms with Crippen LogP contribution in [0.15, 0.2) is 43.0 Å². The number of anilines is 3. The van der Waals surface area contributed by atoms with Gasteiger partial charge in [0.15, 0.2) is 5.82 Å². The highest BCUT2D eigenvalue weighted by molar-refractivity contribution is 6.32. The largest absolute Gasteiger partial charge is 0.378 e. The van der Waals surface area contributed by atoms with Crippen LogP contribution in [0.25, 0.3) is 0 Å². The molecule has 4 heterocycles. The maximum atomic E-state index is 12.3. The summed E-state index contributed by atoms with van der Waals surface area (Å²) < 4.78 is 6.85. The van der Waals surface area contributed by atoms with Gasteiger partial charge in [-0.05, 0) is 12.1 Å². The normalized spacial score (nSPS) is 13.8. The van der Waals surface area contributed by atoms with Crippen molar-refractivity contribution in [2.24, 2.45) is 0 Å². The first-order chi connectivity index (χ1) is 14.7. The molecule has 1 amide bonds. The Morgan fingerprint density at radius 1 is 1.20 bits per heavy atom. The summed E-state index contributed by atoms with van der Waals surface area (Å²) in [6.07, 6.45) is 6.60. The molecule has 2 N–H and O–H groups in total. The van der Waals surface area contributed by atoms with E-state index in [2.05, 4.69) is 30.7 Å². The first-order valence-corrected chi connectivity index (χ1v) is 9.86. The number of ether oxygens (including phenoxy) is 1. The number of morpholine rings is 1. The van der Waals surface area contributed by atoms with E-state index in [-0.39, 0.29) is 12.5 Å². The highest BCUT2D eigenvalue weighted by Gasteiger charge is 2.17. The van der Waals surface area contributed by atoms with E-state index in [1.54, 1.807) is 28.2 Å². The fourth-order valence-electron chi connectivity index (χ4n) is 2.92. The summed E-state index contributed by atoms with van der Waals surface area (Å²) in [5, 5.41) is 10.9. The van der Waals surface area contributed by atoms with Crippen LogP contribution in [0.3, 0.4) is 0 Å². The lowest BCUT2D eigenvalue weighted by molar-refractivity contribution is -0.136. The molecule has 10 nitrogen and oxygen atoms in total. The second-order valence-electron chi connectivity index (χ2n) is 6.61. The molecule has 0 atom stereocenters. The third kappa shape index (κ3) is 5.22. The molecule has 0 radical (unpaired) electrons. The number of rotatable bonds is 7. The molecule has 1 aliphatic rings. The molecule has 3 aromatic rings. The second-order valence-corrected chi connectivity index (χ2v) is 7.02. The summed E-state index contributed by atoms with van der Waals surface area (Å²) in [6.45, 7) is 3.01. The van der Waals surface area contributed by atoms with Crippen LogP contribution in [0.1, 0.15) is 5.69 Å². The molecule has 0 saturated carbocycles. The van der Waals surface area contributed by atoms with Gasteiger partial charge in [-0.25, -0.2) is 4.98 Å². The smallest absolute Gasteiger partial charge is 0.244 e. The molecule has 0 unspecified atom stereocenters. The van der Waals surface area contributed by atoms with Gasteiger partial charge in [0.05, 0.1) is 43.5 Å². The van der Waals surface area contributed by atoms with Crippen molar-refractivity contribution in [1.82, 2.24) is 29.6 Å². The number of hydrogen-bond donors (Lipinski definition) is 2. The van der Waals surface area contributed by atoms with Gasteiger partial charge in [-0.2, -0.15) is 10.1 Å². The van der Waals surface area contributed by atoms with Crippen molar-refractivity contribution in [2.75, 3.05) is 36.9 Å². The van der Waals surface area contributed by atoms with E-state index in [4.69, 9.17) is 16.3 Å². The highest BCUT2D eigenvalue weighted by Crippen LogP contribution is 2.21. The number of pyridine rings is 1. The van der Waals surface area contributed by atoms with Crippen LogP contribution in [0.5, 0.6) is 0 Å². The Morgan fingerprint density at radius 3 is 2.87 bits per heavy atom. The molecule has 0 bridgehead atoms. The molecular formula is C19H21ClN8O2. The molecule has 0 aromatic carbocycles. The lowest BCUT2D eigenvalue weighted by Gasteiger charge is -2.26. The lowest BCUT2D eigenvalue weighted by atomic mass is 10.3. The number of carbonyl (C=O) groups is 1. The van der Waals surface area contributed by atoms with Crippen molar-refractivity contribution in [1.29, 1.82) is 0 Å². The minimum Gasteiger partial charge on any atom is -0.378 e. The van der Waals surface area contributed by atoms with Crippen LogP contribution in [0.4, 0.5) is 17.5 Å². The summed E-state index contributed by atoms with van der Waals surface area (Å²) in [4.78, 5) is 27.0. The molecule has 1 saturated heterocycles. The number of halogens is 1. The summed E-state index contributed by atoms with van der Waals surface area (Å²) in [6, 6.07) is 5.69. The Morgan fingerprint density at radius 2 is 2.07 bits per heavy atom. The molecule has 30 heavy (non-hydrogen) atoms. The van der Waals surface area contributed by atoms with Gasteiger partial charge in [0.25, 0.3) is 0 Å². The van der Waals surface area contributed by atoms with E-state index in [1.165, 1.54) is 6.20 Å². The zero-order chi connectivity index (χ0) is 20.8. The third-order valence-corrected chi connectivity index (χ3v) is 4.73. The first-order valence-electron chi connectivity index (χ1n) is 9.49. The fourth-order valence-corrected chi connectivity index (χ4v) is 3.08. The molecular weight excluding hydrogens is 408 g/mol. The number of hydrogen-bond acceptors (Lipinski definition) is 8. The zero-order valence-corrected chi connectivity index (χ0v) is 16.9. The molecule has 3 aromatic heterocycles. The average Bonchev–Trinajstić information content (AvgIpc) is 3.22. The van der Waals surface area contributed by atoms with Gasteiger partial charge in [0, 0.05) is 25.5 Å². The van der Waals surface area contributed by atoms with Crippen molar-refractivity contribution >= 4 is 35.0 Å². The van der Waals surface area contributed by atoms with Crippen molar-refractivity contribution in [3.05, 3.63) is 53.7 Å². The van der Waals surface area contributed by atoms with Gasteiger partial charge in [-0.1, -0.05) is 17.7 Å². The summed E-state index contributed by atoms with van der Waals surface area (Å²) in [5.41, 5.74) is 1.54. The van der Waals surface area contributed by atoms with Crippen LogP contribution in [-0.2, 0) is 22.6 Å². The van der Waals surface area contributed by atoms with E-state index in [1.807, 2.05) is 18.2 Å². The molecule has 1 aliphatic heterocycles. The van der Waals surface area contributed by atoms with Gasteiger partial charge < -0.3 is 20.3 Å². The van der Waals surface area contributed by atoms with Crippen molar-refractivity contribution in [3.8, 4) is 0 Å². The van der Waals surface area contributed by atoms with Crippen molar-refractivity contribution < 1.29 is 9.53 Å². The highest BCUT2D eigenvalue weighted by atomic mass is 35.5. The topological polar surface area (TPSA) is 110 Å². The van der Waals surface area contributed by atoms with Crippen LogP contribution >= 0.6 is 11.6 Å².